The van der Waals surface area contributed by atoms with Crippen LogP contribution in [0.25, 0.3) is 0 Å². The van der Waals surface area contributed by atoms with Crippen molar-refractivity contribution < 1.29 is 19.1 Å². The van der Waals surface area contributed by atoms with Crippen LogP contribution in [0.2, 0.25) is 0 Å². The van der Waals surface area contributed by atoms with Gasteiger partial charge < -0.3 is 20.1 Å². The fraction of sp³-hybridized carbons (Fsp3) is 0.257. The second kappa shape index (κ2) is 12.3. The van der Waals surface area contributed by atoms with E-state index in [0.29, 0.717) is 13.1 Å². The molecule has 2 aliphatic rings. The van der Waals surface area contributed by atoms with E-state index in [1.165, 1.54) is 0 Å². The smallest absolute Gasteiger partial charge is 0.232 e. The number of nitrogens with one attached hydrogen (secondary N) is 2. The number of carbonyl (C=O) groups is 2. The fourth-order valence-corrected chi connectivity index (χ4v) is 5.79. The molecule has 0 saturated heterocycles. The van der Waals surface area contributed by atoms with E-state index in [9.17, 15) is 9.59 Å². The Morgan fingerprint density at radius 2 is 0.756 bits per heavy atom. The molecule has 0 aliphatic carbocycles. The molecule has 0 radical (unpaired) electrons. The molecule has 6 nitrogen and oxygen atoms in total. The zero-order chi connectivity index (χ0) is 28.0. The molecular formula is C35H34N2O4. The average Bonchev–Trinajstić information content (AvgIpc) is 3.01. The summed E-state index contributed by atoms with van der Waals surface area (Å²) >= 11 is 0. The van der Waals surface area contributed by atoms with Crippen molar-refractivity contribution in [2.45, 2.75) is 43.9 Å². The topological polar surface area (TPSA) is 76.7 Å². The van der Waals surface area contributed by atoms with Crippen molar-refractivity contribution in [1.82, 2.24) is 10.6 Å². The number of carbonyl (C=O) groups excluding carboxylic acids is 2. The molecule has 0 spiro atoms. The number of ether oxygens (including phenoxy) is 2. The highest BCUT2D eigenvalue weighted by molar-refractivity contribution is 5.90. The van der Waals surface area contributed by atoms with Crippen LogP contribution in [0.3, 0.4) is 0 Å². The van der Waals surface area contributed by atoms with E-state index in [4.69, 9.17) is 9.47 Å². The summed E-state index contributed by atoms with van der Waals surface area (Å²) in [4.78, 5) is 26.5. The van der Waals surface area contributed by atoms with E-state index in [1.54, 1.807) is 0 Å². The Morgan fingerprint density at radius 3 is 1.10 bits per heavy atom. The lowest BCUT2D eigenvalue weighted by Gasteiger charge is -2.27. The minimum atomic E-state index is -0.366. The lowest BCUT2D eigenvalue weighted by molar-refractivity contribution is -0.122. The summed E-state index contributed by atoms with van der Waals surface area (Å²) in [6, 6.07) is 31.0. The number of amides is 2. The van der Waals surface area contributed by atoms with Gasteiger partial charge in [0.25, 0.3) is 0 Å². The summed E-state index contributed by atoms with van der Waals surface area (Å²) < 4.78 is 12.0. The van der Waals surface area contributed by atoms with Crippen LogP contribution in [0.5, 0.6) is 23.0 Å². The maximum absolute atomic E-state index is 13.2. The van der Waals surface area contributed by atoms with Crippen molar-refractivity contribution in [3.05, 3.63) is 119 Å². The quantitative estimate of drug-likeness (QED) is 0.209. The van der Waals surface area contributed by atoms with Crippen molar-refractivity contribution in [2.24, 2.45) is 0 Å². The Bertz CT molecular complexity index is 1340. The van der Waals surface area contributed by atoms with E-state index < -0.39 is 0 Å². The first-order chi connectivity index (χ1) is 20.2. The van der Waals surface area contributed by atoms with E-state index in [1.807, 2.05) is 97.1 Å². The molecule has 2 heterocycles. The van der Waals surface area contributed by atoms with Gasteiger partial charge in [-0.2, -0.15) is 0 Å². The second-order valence-corrected chi connectivity index (χ2v) is 10.6. The van der Waals surface area contributed by atoms with Crippen LogP contribution < -0.4 is 20.1 Å². The Morgan fingerprint density at radius 1 is 0.463 bits per heavy atom. The van der Waals surface area contributed by atoms with Gasteiger partial charge in [-0.05, 0) is 37.1 Å². The SMILES string of the molecule is O=C(NCCCCCCCNC(=O)C1c2ccccc2Oc2ccccc21)C1c2ccccc2Oc2ccccc21. The fourth-order valence-electron chi connectivity index (χ4n) is 5.79. The molecule has 0 fully saturated rings. The molecule has 2 N–H and O–H groups in total. The van der Waals surface area contributed by atoms with E-state index in [0.717, 1.165) is 77.4 Å². The molecule has 208 valence electrons. The summed E-state index contributed by atoms with van der Waals surface area (Å²) in [5, 5.41) is 6.28. The maximum Gasteiger partial charge on any atom is 0.232 e. The van der Waals surface area contributed by atoms with Crippen molar-refractivity contribution in [3.63, 3.8) is 0 Å². The van der Waals surface area contributed by atoms with Gasteiger partial charge in [-0.3, -0.25) is 9.59 Å². The number of hydrogen-bond donors (Lipinski definition) is 2. The van der Waals surface area contributed by atoms with Gasteiger partial charge in [-0.15, -0.1) is 0 Å². The van der Waals surface area contributed by atoms with Gasteiger partial charge in [0, 0.05) is 35.3 Å². The number of benzene rings is 4. The van der Waals surface area contributed by atoms with Crippen LogP contribution in [0.4, 0.5) is 0 Å². The molecule has 4 aromatic rings. The highest BCUT2D eigenvalue weighted by Crippen LogP contribution is 2.45. The summed E-state index contributed by atoms with van der Waals surface area (Å²) in [5.74, 6) is 2.24. The van der Waals surface area contributed by atoms with Crippen molar-refractivity contribution in [1.29, 1.82) is 0 Å². The number of unbranched alkanes of at least 4 members (excludes halogenated alkanes) is 4. The zero-order valence-corrected chi connectivity index (χ0v) is 23.0. The third kappa shape index (κ3) is 5.68. The van der Waals surface area contributed by atoms with E-state index in [2.05, 4.69) is 10.6 Å². The Labute approximate surface area is 240 Å². The first-order valence-corrected chi connectivity index (χ1v) is 14.5. The second-order valence-electron chi connectivity index (χ2n) is 10.6. The van der Waals surface area contributed by atoms with Crippen molar-refractivity contribution in [3.8, 4) is 23.0 Å². The molecule has 41 heavy (non-hydrogen) atoms. The van der Waals surface area contributed by atoms with Gasteiger partial charge in [0.15, 0.2) is 0 Å². The molecule has 2 amide bonds. The van der Waals surface area contributed by atoms with Crippen LogP contribution in [-0.2, 0) is 9.59 Å². The number of hydrogen-bond acceptors (Lipinski definition) is 4. The predicted molar refractivity (Wildman–Crippen MR) is 159 cm³/mol. The minimum absolute atomic E-state index is 0.00664. The Balaban J connectivity index is 0.929. The van der Waals surface area contributed by atoms with Gasteiger partial charge in [0.2, 0.25) is 11.8 Å². The van der Waals surface area contributed by atoms with Crippen LogP contribution in [0, 0.1) is 0 Å². The van der Waals surface area contributed by atoms with Gasteiger partial charge in [-0.1, -0.05) is 92.1 Å². The monoisotopic (exact) mass is 546 g/mol. The van der Waals surface area contributed by atoms with Gasteiger partial charge in [0.05, 0.1) is 11.8 Å². The molecule has 0 saturated carbocycles. The number of para-hydroxylation sites is 4. The molecule has 0 aromatic heterocycles. The molecule has 2 aliphatic heterocycles. The van der Waals surface area contributed by atoms with E-state index >= 15 is 0 Å². The first-order valence-electron chi connectivity index (χ1n) is 14.5. The number of fused-ring (bicyclic) bond motifs is 4. The molecule has 0 bridgehead atoms. The molecule has 0 unspecified atom stereocenters. The van der Waals surface area contributed by atoms with Crippen LogP contribution in [0.1, 0.15) is 66.2 Å². The first kappa shape index (κ1) is 26.6. The lowest BCUT2D eigenvalue weighted by Crippen LogP contribution is -2.32. The summed E-state index contributed by atoms with van der Waals surface area (Å²) in [6.45, 7) is 1.28. The normalized spacial score (nSPS) is 13.5. The molecule has 0 atom stereocenters. The third-order valence-electron chi connectivity index (χ3n) is 7.84. The van der Waals surface area contributed by atoms with Gasteiger partial charge in [-0.25, -0.2) is 0 Å². The zero-order valence-electron chi connectivity index (χ0n) is 23.0. The molecule has 6 heteroatoms. The predicted octanol–water partition coefficient (Wildman–Crippen LogP) is 7.04. The Kier molecular flexibility index (Phi) is 7.99. The van der Waals surface area contributed by atoms with Crippen molar-refractivity contribution >= 4 is 11.8 Å². The van der Waals surface area contributed by atoms with Gasteiger partial charge in [0.1, 0.15) is 23.0 Å². The summed E-state index contributed by atoms with van der Waals surface area (Å²) in [7, 11) is 0. The lowest BCUT2D eigenvalue weighted by atomic mass is 9.87. The largest absolute Gasteiger partial charge is 0.457 e. The van der Waals surface area contributed by atoms with Crippen LogP contribution in [0.15, 0.2) is 97.1 Å². The third-order valence-corrected chi connectivity index (χ3v) is 7.84. The van der Waals surface area contributed by atoms with Crippen LogP contribution in [-0.4, -0.2) is 24.9 Å². The van der Waals surface area contributed by atoms with Crippen LogP contribution >= 0.6 is 0 Å². The maximum atomic E-state index is 13.2. The molecular weight excluding hydrogens is 512 g/mol. The highest BCUT2D eigenvalue weighted by Gasteiger charge is 2.33. The minimum Gasteiger partial charge on any atom is -0.457 e. The highest BCUT2D eigenvalue weighted by atomic mass is 16.5. The molecule has 4 aromatic carbocycles. The van der Waals surface area contributed by atoms with Gasteiger partial charge >= 0.3 is 0 Å². The average molecular weight is 547 g/mol. The Hall–Kier alpha value is -4.58. The van der Waals surface area contributed by atoms with Crippen molar-refractivity contribution in [2.75, 3.05) is 13.1 Å². The standard InChI is InChI=1S/C35H34N2O4/c38-34(32-24-14-4-8-18-28(24)40-29-19-9-5-15-25(29)32)36-22-12-2-1-3-13-23-37-35(39)33-26-16-6-10-20-30(26)41-31-21-11-7-17-27(31)33/h4-11,14-21,32-33H,1-3,12-13,22-23H2,(H,36,38)(H,37,39). The van der Waals surface area contributed by atoms with E-state index in [-0.39, 0.29) is 23.7 Å². The summed E-state index contributed by atoms with van der Waals surface area (Å²) in [5.41, 5.74) is 3.61. The summed E-state index contributed by atoms with van der Waals surface area (Å²) in [6.07, 6.45) is 4.93. The molecule has 6 rings (SSSR count). The number of rotatable bonds is 10.